The van der Waals surface area contributed by atoms with Gasteiger partial charge in [-0.2, -0.15) is 19.9 Å². The van der Waals surface area contributed by atoms with E-state index in [1.807, 2.05) is 0 Å². The van der Waals surface area contributed by atoms with Crippen molar-refractivity contribution in [3.8, 4) is 5.75 Å². The van der Waals surface area contributed by atoms with Crippen LogP contribution in [-0.2, 0) is 6.42 Å². The van der Waals surface area contributed by atoms with Crippen LogP contribution < -0.4 is 4.74 Å². The van der Waals surface area contributed by atoms with E-state index in [0.717, 1.165) is 43.1 Å². The minimum atomic E-state index is -3.25. The molecule has 7 heteroatoms. The van der Waals surface area contributed by atoms with Crippen molar-refractivity contribution in [1.29, 1.82) is 0 Å². The molecule has 0 bridgehead atoms. The number of ether oxygens (including phenoxy) is 1. The summed E-state index contributed by atoms with van der Waals surface area (Å²) in [6.45, 7) is -3.25. The first-order valence-corrected chi connectivity index (χ1v) is 11.6. The lowest BCUT2D eigenvalue weighted by molar-refractivity contribution is -0.0546. The van der Waals surface area contributed by atoms with E-state index >= 15 is 0 Å². The Labute approximate surface area is 139 Å². The molecule has 1 aromatic carbocycles. The zero-order valence-electron chi connectivity index (χ0n) is 12.9. The summed E-state index contributed by atoms with van der Waals surface area (Å²) in [6.07, 6.45) is 5.94. The van der Waals surface area contributed by atoms with Crippen LogP contribution in [0.3, 0.4) is 0 Å². The van der Waals surface area contributed by atoms with Gasteiger partial charge in [-0.1, -0.05) is 25.7 Å². The first kappa shape index (κ1) is 18.6. The summed E-state index contributed by atoms with van der Waals surface area (Å²) < 4.78 is 55.2. The molecule has 1 aliphatic heterocycles. The number of aryl methyl sites for hydroxylation is 1. The Hall–Kier alpha value is -0.753. The van der Waals surface area contributed by atoms with Gasteiger partial charge < -0.3 is 4.74 Å². The second-order valence-electron chi connectivity index (χ2n) is 6.19. The maximum Gasteiger partial charge on any atom is 0.387 e. The van der Waals surface area contributed by atoms with E-state index in [1.165, 1.54) is 19.3 Å². The van der Waals surface area contributed by atoms with Gasteiger partial charge in [0.15, 0.2) is 24.8 Å². The number of halogens is 5. The van der Waals surface area contributed by atoms with Crippen LogP contribution in [0.2, 0.25) is 18.1 Å². The van der Waals surface area contributed by atoms with Crippen LogP contribution in [-0.4, -0.2) is 14.0 Å². The summed E-state index contributed by atoms with van der Waals surface area (Å²) in [5.74, 6) is -3.19. The van der Waals surface area contributed by atoms with Gasteiger partial charge in [-0.05, 0) is 48.7 Å². The normalized spacial score (nSPS) is 17.5. The molecule has 0 N–H and O–H groups in total. The lowest BCUT2D eigenvalue weighted by Gasteiger charge is -2.28. The highest BCUT2D eigenvalue weighted by Gasteiger charge is 2.31. The predicted octanol–water partition coefficient (Wildman–Crippen LogP) is 6.26. The van der Waals surface area contributed by atoms with Crippen molar-refractivity contribution in [2.24, 2.45) is 0 Å². The maximum absolute atomic E-state index is 13.6. The van der Waals surface area contributed by atoms with Crippen molar-refractivity contribution in [2.75, 3.05) is 0 Å². The summed E-state index contributed by atoms with van der Waals surface area (Å²) in [5, 5.41) is 0. The van der Waals surface area contributed by atoms with Gasteiger partial charge in [-0.25, -0.2) is 8.78 Å². The van der Waals surface area contributed by atoms with Crippen molar-refractivity contribution < 1.29 is 22.3 Å². The molecule has 1 fully saturated rings. The average molecular weight is 369 g/mol. The lowest BCUT2D eigenvalue weighted by atomic mass is 10.1. The van der Waals surface area contributed by atoms with Gasteiger partial charge in [0.2, 0.25) is 0 Å². The van der Waals surface area contributed by atoms with Crippen molar-refractivity contribution in [1.82, 2.24) is 0 Å². The van der Waals surface area contributed by atoms with E-state index in [9.17, 15) is 17.6 Å². The molecule has 1 nitrogen and oxygen atoms in total. The minimum Gasteiger partial charge on any atom is -0.429 e. The topological polar surface area (TPSA) is 9.23 Å². The van der Waals surface area contributed by atoms with Gasteiger partial charge in [0.05, 0.1) is 0 Å². The van der Waals surface area contributed by atoms with Crippen molar-refractivity contribution in [3.05, 3.63) is 29.3 Å². The maximum atomic E-state index is 13.6. The van der Waals surface area contributed by atoms with Crippen molar-refractivity contribution in [3.63, 3.8) is 0 Å². The molecule has 1 aromatic rings. The second-order valence-corrected chi connectivity index (χ2v) is 12.4. The molecule has 1 aliphatic rings. The molecular weight excluding hydrogens is 348 g/mol. The van der Waals surface area contributed by atoms with E-state index < -0.39 is 31.4 Å². The van der Waals surface area contributed by atoms with Crippen molar-refractivity contribution in [2.45, 2.75) is 63.3 Å². The van der Waals surface area contributed by atoms with E-state index in [-0.39, 0.29) is 0 Å². The standard InChI is InChI=1S/C16H21ClF4OSi/c17-23(7-3-1-4-8-23)9-5-2-6-12-10-13(18)15(14(19)11-12)22-16(20)21/h10-11,16H,1-9H2. The SMILES string of the molecule is Fc1cc(CCCC[Si]2(Cl)CCCCC2)cc(F)c1OC(F)F. The molecular formula is C16H21ClF4OSi. The third kappa shape index (κ3) is 5.67. The fraction of sp³-hybridized carbons (Fsp3) is 0.625. The van der Waals surface area contributed by atoms with Crippen molar-refractivity contribution >= 4 is 18.5 Å². The van der Waals surface area contributed by atoms with Crippen LogP contribution in [0.15, 0.2) is 12.1 Å². The number of rotatable bonds is 7. The first-order valence-electron chi connectivity index (χ1n) is 8.01. The van der Waals surface area contributed by atoms with Crippen LogP contribution in [0, 0.1) is 11.6 Å². The van der Waals surface area contributed by atoms with E-state index in [0.29, 0.717) is 12.0 Å². The van der Waals surface area contributed by atoms with Crippen LogP contribution in [0.25, 0.3) is 0 Å². The van der Waals surface area contributed by atoms with Gasteiger partial charge in [-0.3, -0.25) is 0 Å². The van der Waals surface area contributed by atoms with E-state index in [4.69, 9.17) is 11.1 Å². The van der Waals surface area contributed by atoms with Crippen LogP contribution in [0.1, 0.15) is 37.7 Å². The van der Waals surface area contributed by atoms with E-state index in [2.05, 4.69) is 4.74 Å². The minimum absolute atomic E-state index is 0.454. The first-order chi connectivity index (χ1) is 10.9. The fourth-order valence-electron chi connectivity index (χ4n) is 3.16. The largest absolute Gasteiger partial charge is 0.429 e. The number of unbranched alkanes of at least 4 members (excludes halogenated alkanes) is 1. The Morgan fingerprint density at radius 1 is 1.04 bits per heavy atom. The Morgan fingerprint density at radius 3 is 2.22 bits per heavy atom. The zero-order valence-corrected chi connectivity index (χ0v) is 14.7. The molecule has 1 heterocycles. The van der Waals surface area contributed by atoms with Crippen LogP contribution >= 0.6 is 11.1 Å². The summed E-state index contributed by atoms with van der Waals surface area (Å²) in [7, 11) is -1.60. The average Bonchev–Trinajstić information content (AvgIpc) is 2.48. The fourth-order valence-corrected chi connectivity index (χ4v) is 7.77. The molecule has 0 aromatic heterocycles. The Morgan fingerprint density at radius 2 is 1.65 bits per heavy atom. The summed E-state index contributed by atoms with van der Waals surface area (Å²) in [4.78, 5) is 0. The molecule has 0 spiro atoms. The zero-order chi connectivity index (χ0) is 16.9. The Bertz CT molecular complexity index is 498. The second kappa shape index (κ2) is 8.38. The number of hydrogen-bond donors (Lipinski definition) is 0. The third-order valence-corrected chi connectivity index (χ3v) is 9.80. The number of benzene rings is 1. The summed E-state index contributed by atoms with van der Waals surface area (Å²) in [5.41, 5.74) is 0.454. The highest BCUT2D eigenvalue weighted by atomic mass is 35.6. The van der Waals surface area contributed by atoms with Gasteiger partial charge in [0.1, 0.15) is 0 Å². The predicted molar refractivity (Wildman–Crippen MR) is 85.8 cm³/mol. The molecule has 130 valence electrons. The molecule has 0 atom stereocenters. The highest BCUT2D eigenvalue weighted by Crippen LogP contribution is 2.36. The number of hydrogen-bond acceptors (Lipinski definition) is 1. The van der Waals surface area contributed by atoms with Gasteiger partial charge >= 0.3 is 6.61 Å². The molecule has 0 aliphatic carbocycles. The molecule has 23 heavy (non-hydrogen) atoms. The van der Waals surface area contributed by atoms with Crippen LogP contribution in [0.4, 0.5) is 17.6 Å². The number of alkyl halides is 2. The van der Waals surface area contributed by atoms with Gasteiger partial charge in [0, 0.05) is 0 Å². The third-order valence-electron chi connectivity index (χ3n) is 4.35. The Kier molecular flexibility index (Phi) is 6.77. The smallest absolute Gasteiger partial charge is 0.387 e. The van der Waals surface area contributed by atoms with Crippen LogP contribution in [0.5, 0.6) is 5.75 Å². The summed E-state index contributed by atoms with van der Waals surface area (Å²) in [6, 6.07) is 5.49. The highest BCUT2D eigenvalue weighted by molar-refractivity contribution is 7.20. The van der Waals surface area contributed by atoms with Gasteiger partial charge in [-0.15, -0.1) is 0 Å². The summed E-state index contributed by atoms with van der Waals surface area (Å²) >= 11 is 6.71. The Balaban J connectivity index is 1.84. The quantitative estimate of drug-likeness (QED) is 0.239. The molecule has 0 unspecified atom stereocenters. The van der Waals surface area contributed by atoms with Gasteiger partial charge in [0.25, 0.3) is 0 Å². The molecule has 0 amide bonds. The molecule has 1 saturated heterocycles. The molecule has 2 rings (SSSR count). The van der Waals surface area contributed by atoms with E-state index in [1.54, 1.807) is 0 Å². The molecule has 0 radical (unpaired) electrons. The monoisotopic (exact) mass is 368 g/mol. The molecule has 0 saturated carbocycles. The lowest BCUT2D eigenvalue weighted by Crippen LogP contribution is -2.29.